The minimum atomic E-state index is -0.556. The van der Waals surface area contributed by atoms with Gasteiger partial charge in [-0.3, -0.25) is 0 Å². The number of allylic oxidation sites excluding steroid dienone is 1. The van der Waals surface area contributed by atoms with Crippen molar-refractivity contribution in [1.82, 2.24) is 0 Å². The van der Waals surface area contributed by atoms with E-state index in [0.717, 1.165) is 12.0 Å². The molecule has 1 aliphatic carbocycles. The van der Waals surface area contributed by atoms with E-state index in [1.165, 1.54) is 52.8 Å². The zero-order chi connectivity index (χ0) is 22.9. The van der Waals surface area contributed by atoms with Crippen LogP contribution < -0.4 is 4.90 Å². The summed E-state index contributed by atoms with van der Waals surface area (Å²) < 4.78 is 0. The van der Waals surface area contributed by atoms with Gasteiger partial charge in [0.15, 0.2) is 0 Å². The molecule has 0 spiro atoms. The monoisotopic (exact) mass is 514 g/mol. The van der Waals surface area contributed by atoms with E-state index in [2.05, 4.69) is 105 Å². The molecule has 1 unspecified atom stereocenters. The molecule has 0 amide bonds. The largest absolute Gasteiger partial charge is 0.693 e. The molecule has 1 atom stereocenters. The van der Waals surface area contributed by atoms with Gasteiger partial charge in [0.1, 0.15) is 0 Å². The van der Waals surface area contributed by atoms with Gasteiger partial charge in [-0.05, 0) is 34.4 Å². The number of benzene rings is 3. The van der Waals surface area contributed by atoms with E-state index >= 15 is 0 Å². The van der Waals surface area contributed by atoms with Crippen LogP contribution in [0.25, 0.3) is 17.8 Å². The van der Waals surface area contributed by atoms with Crippen LogP contribution >= 0.6 is 18.6 Å². The van der Waals surface area contributed by atoms with Gasteiger partial charge >= 0.3 is 35.6 Å². The molecule has 2 N–H and O–H groups in total. The minimum Gasteiger partial charge on any atom is -0.693 e. The summed E-state index contributed by atoms with van der Waals surface area (Å²) in [6.07, 6.45) is 7.11. The van der Waals surface area contributed by atoms with Crippen LogP contribution in [0, 0.1) is 6.92 Å². The number of anilines is 1. The van der Waals surface area contributed by atoms with Crippen molar-refractivity contribution < 1.29 is 17.0 Å². The zero-order valence-electron chi connectivity index (χ0n) is 19.4. The van der Waals surface area contributed by atoms with Crippen molar-refractivity contribution in [2.45, 2.75) is 31.6 Å². The Labute approximate surface area is 216 Å². The molecule has 0 aliphatic heterocycles. The number of aryl methyl sites for hydroxylation is 1. The molecule has 0 heterocycles. The molecule has 0 fully saturated rings. The van der Waals surface area contributed by atoms with Crippen LogP contribution in [0.5, 0.6) is 0 Å². The van der Waals surface area contributed by atoms with E-state index in [1.54, 1.807) is 0 Å². The number of fused-ring (bicyclic) bond motifs is 1. The van der Waals surface area contributed by atoms with Crippen LogP contribution in [0.3, 0.4) is 0 Å². The third-order valence-electron chi connectivity index (χ3n) is 6.06. The van der Waals surface area contributed by atoms with E-state index in [1.807, 2.05) is 0 Å². The molecule has 0 aromatic heterocycles. The van der Waals surface area contributed by atoms with Crippen molar-refractivity contribution in [3.63, 3.8) is 0 Å². The maximum absolute atomic E-state index is 4.89. The summed E-state index contributed by atoms with van der Waals surface area (Å²) in [5.74, 6) is 0.504. The first-order chi connectivity index (χ1) is 15.5. The number of nitrogens with zero attached hydrogens (tertiary/aromatic N) is 1. The summed E-state index contributed by atoms with van der Waals surface area (Å²) >= 11 is -0.556. The predicted octanol–water partition coefficient (Wildman–Crippen LogP) is 9.08. The molecule has 0 radical (unpaired) electrons. The Kier molecular flexibility index (Phi) is 11.6. The second kappa shape index (κ2) is 13.9. The van der Waals surface area contributed by atoms with Crippen molar-refractivity contribution in [1.29, 1.82) is 0 Å². The Hall–Kier alpha value is -1.68. The first-order valence-electron chi connectivity index (χ1n) is 11.0. The van der Waals surface area contributed by atoms with Gasteiger partial charge in [-0.25, -0.2) is 0 Å². The van der Waals surface area contributed by atoms with E-state index in [4.69, 9.17) is 18.6 Å². The Balaban J connectivity index is 0.000000914. The Morgan fingerprint density at radius 2 is 1.58 bits per heavy atom. The maximum Gasteiger partial charge on any atom is -0.693 e. The average molecular weight is 515 g/mol. The number of hydrogen-bond donors (Lipinski definition) is 0. The molecular weight excluding hydrogens is 483 g/mol. The maximum atomic E-state index is 4.89. The van der Waals surface area contributed by atoms with E-state index in [-0.39, 0.29) is 6.15 Å². The van der Waals surface area contributed by atoms with Gasteiger partial charge < -0.3 is 11.1 Å². The summed E-state index contributed by atoms with van der Waals surface area (Å²) in [6, 6.07) is 26.4. The molecule has 1 aliphatic rings. The summed E-state index contributed by atoms with van der Waals surface area (Å²) in [5, 5.41) is 0. The van der Waals surface area contributed by atoms with Crippen LogP contribution in [0.15, 0.2) is 72.8 Å². The first kappa shape index (κ1) is 27.6. The molecule has 174 valence electrons. The van der Waals surface area contributed by atoms with Gasteiger partial charge in [0.2, 0.25) is 0 Å². The summed E-state index contributed by atoms with van der Waals surface area (Å²) in [4.78, 5) is 2.13. The van der Waals surface area contributed by atoms with Gasteiger partial charge in [0.25, 0.3) is 0 Å². The van der Waals surface area contributed by atoms with E-state index < -0.39 is 17.0 Å². The molecule has 4 rings (SSSR count). The fourth-order valence-electron chi connectivity index (χ4n) is 4.42. The summed E-state index contributed by atoms with van der Waals surface area (Å²) in [7, 11) is 13.9. The number of halogens is 2. The second-order valence-electron chi connectivity index (χ2n) is 8.31. The SMILES string of the molecule is [CH2-]c1cc(N(C)C)ccc1CCCCC1C(c2ccccc2)=Cc2ccccc21.[Cl][Ti][Cl].[NH2-]. The normalized spacial score (nSPS) is 13.7. The molecule has 0 saturated heterocycles. The summed E-state index contributed by atoms with van der Waals surface area (Å²) in [6.45, 7) is 4.27. The molecular formula is C28H32Cl2N2Ti-2. The van der Waals surface area contributed by atoms with Gasteiger partial charge in [-0.15, -0.1) is 17.7 Å². The van der Waals surface area contributed by atoms with Crippen LogP contribution in [0.4, 0.5) is 5.69 Å². The fourth-order valence-corrected chi connectivity index (χ4v) is 4.42. The second-order valence-corrected chi connectivity index (χ2v) is 10.9. The molecule has 3 aromatic carbocycles. The quantitative estimate of drug-likeness (QED) is 0.176. The minimum absolute atomic E-state index is 0. The van der Waals surface area contributed by atoms with Crippen molar-refractivity contribution >= 4 is 35.9 Å². The van der Waals surface area contributed by atoms with Gasteiger partial charge in [-0.2, -0.15) is 12.5 Å². The third kappa shape index (κ3) is 7.40. The van der Waals surface area contributed by atoms with Gasteiger partial charge in [0, 0.05) is 20.0 Å². The van der Waals surface area contributed by atoms with E-state index in [9.17, 15) is 0 Å². The Morgan fingerprint density at radius 3 is 2.24 bits per heavy atom. The number of unbranched alkanes of at least 4 members (excludes halogenated alkanes) is 1. The molecule has 33 heavy (non-hydrogen) atoms. The number of rotatable bonds is 7. The smallest absolute Gasteiger partial charge is 0.693 e. The Bertz CT molecular complexity index is 1040. The van der Waals surface area contributed by atoms with Crippen LogP contribution in [0.2, 0.25) is 0 Å². The van der Waals surface area contributed by atoms with Gasteiger partial charge in [0.05, 0.1) is 0 Å². The fraction of sp³-hybridized carbons (Fsp3) is 0.250. The van der Waals surface area contributed by atoms with Crippen LogP contribution in [0.1, 0.15) is 53.0 Å². The molecule has 5 heteroatoms. The topological polar surface area (TPSA) is 36.7 Å². The first-order valence-corrected chi connectivity index (χ1v) is 15.3. The van der Waals surface area contributed by atoms with Gasteiger partial charge in [-0.1, -0.05) is 86.0 Å². The average Bonchev–Trinajstić information content (AvgIpc) is 3.17. The van der Waals surface area contributed by atoms with Crippen molar-refractivity contribution in [2.24, 2.45) is 0 Å². The van der Waals surface area contributed by atoms with Crippen molar-refractivity contribution in [2.75, 3.05) is 19.0 Å². The molecule has 3 aromatic rings. The van der Waals surface area contributed by atoms with Crippen molar-refractivity contribution in [3.05, 3.63) is 114 Å². The standard InChI is InChI=1S/C28H30N.2ClH.H2N.Ti/c1-21-19-25(29(2)3)18-17-22(21)11-7-10-16-27-26-15-9-8-14-24(26)20-28(27)23-12-5-4-6-13-23;;;;/h4-6,8-9,12-15,17-20,27H,1,7,10-11,16H2,2-3H3;2*1H;1H2;/q-1;;;-1;+2/p-2. The Morgan fingerprint density at radius 1 is 0.909 bits per heavy atom. The number of nitrogens with two attached hydrogens (primary N) is 1. The zero-order valence-corrected chi connectivity index (χ0v) is 22.5. The molecule has 2 nitrogen and oxygen atoms in total. The van der Waals surface area contributed by atoms with Crippen LogP contribution in [-0.2, 0) is 23.5 Å². The van der Waals surface area contributed by atoms with E-state index in [0.29, 0.717) is 5.92 Å². The summed E-state index contributed by atoms with van der Waals surface area (Å²) in [5.41, 5.74) is 9.45. The van der Waals surface area contributed by atoms with Crippen molar-refractivity contribution in [3.8, 4) is 0 Å². The molecule has 0 saturated carbocycles. The number of hydrogen-bond acceptors (Lipinski definition) is 1. The molecule has 0 bridgehead atoms. The third-order valence-corrected chi connectivity index (χ3v) is 6.06. The predicted molar refractivity (Wildman–Crippen MR) is 143 cm³/mol. The van der Waals surface area contributed by atoms with Crippen LogP contribution in [-0.4, -0.2) is 14.1 Å².